The molecule has 42 heavy (non-hydrogen) atoms. The van der Waals surface area contributed by atoms with Crippen LogP contribution in [0.5, 0.6) is 0 Å². The van der Waals surface area contributed by atoms with Gasteiger partial charge in [0, 0.05) is 22.0 Å². The second kappa shape index (κ2) is 11.4. The normalized spacial score (nSPS) is 16.6. The first-order valence-corrected chi connectivity index (χ1v) is 15.9. The molecule has 0 bridgehead atoms. The lowest BCUT2D eigenvalue weighted by atomic mass is 9.95. The van der Waals surface area contributed by atoms with Gasteiger partial charge >= 0.3 is 0 Å². The molecule has 0 saturated carbocycles. The van der Waals surface area contributed by atoms with Gasteiger partial charge in [-0.3, -0.25) is 9.59 Å². The van der Waals surface area contributed by atoms with Gasteiger partial charge in [-0.2, -0.15) is 0 Å². The van der Waals surface area contributed by atoms with Crippen LogP contribution in [0.15, 0.2) is 58.4 Å². The lowest BCUT2D eigenvalue weighted by Gasteiger charge is -2.14. The summed E-state index contributed by atoms with van der Waals surface area (Å²) in [5.41, 5.74) is 9.96. The number of hydrogen-bond acceptors (Lipinski definition) is 5. The molecule has 2 aliphatic rings. The Bertz CT molecular complexity index is 1770. The molecule has 2 aromatic carbocycles. The Balaban J connectivity index is 1.35. The van der Waals surface area contributed by atoms with Gasteiger partial charge in [-0.15, -0.1) is 11.3 Å². The summed E-state index contributed by atoms with van der Waals surface area (Å²) in [7, 11) is 0. The van der Waals surface area contributed by atoms with Gasteiger partial charge in [-0.1, -0.05) is 23.8 Å². The minimum atomic E-state index is -0.155. The van der Waals surface area contributed by atoms with Gasteiger partial charge in [0.25, 0.3) is 11.8 Å². The predicted molar refractivity (Wildman–Crippen MR) is 176 cm³/mol. The van der Waals surface area contributed by atoms with Gasteiger partial charge in [0.1, 0.15) is 5.00 Å². The van der Waals surface area contributed by atoms with Gasteiger partial charge in [-0.05, 0) is 131 Å². The number of carbonyl (C=O) groups is 2. The van der Waals surface area contributed by atoms with Crippen LogP contribution in [0.2, 0.25) is 0 Å². The Morgan fingerprint density at radius 3 is 2.40 bits per heavy atom. The lowest BCUT2D eigenvalue weighted by molar-refractivity contribution is -0.115. The number of carbonyl (C=O) groups excluding carboxylic acids is 2. The summed E-state index contributed by atoms with van der Waals surface area (Å²) >= 11 is 3.07. The molecule has 2 N–H and O–H groups in total. The van der Waals surface area contributed by atoms with Crippen molar-refractivity contribution >= 4 is 57.5 Å². The molecule has 1 saturated heterocycles. The van der Waals surface area contributed by atoms with E-state index in [1.165, 1.54) is 22.2 Å². The Labute approximate surface area is 255 Å². The van der Waals surface area contributed by atoms with Crippen molar-refractivity contribution in [3.8, 4) is 5.00 Å². The molecule has 2 amide bonds. The molecule has 1 aliphatic carbocycles. The van der Waals surface area contributed by atoms with Crippen molar-refractivity contribution in [3.63, 3.8) is 0 Å². The molecule has 1 fully saturated rings. The molecule has 0 unspecified atom stereocenters. The third-order valence-electron chi connectivity index (χ3n) is 7.74. The van der Waals surface area contributed by atoms with Crippen molar-refractivity contribution in [3.05, 3.63) is 103 Å². The molecule has 1 aliphatic heterocycles. The summed E-state index contributed by atoms with van der Waals surface area (Å²) in [5, 5.41) is 7.59. The number of aliphatic imine (C=N–C) groups is 1. The van der Waals surface area contributed by atoms with Crippen LogP contribution in [-0.2, 0) is 17.6 Å². The second-order valence-corrected chi connectivity index (χ2v) is 13.3. The molecule has 214 valence electrons. The second-order valence-electron chi connectivity index (χ2n) is 11.2. The fourth-order valence-electron chi connectivity index (χ4n) is 5.77. The summed E-state index contributed by atoms with van der Waals surface area (Å²) in [6, 6.07) is 16.1. The van der Waals surface area contributed by atoms with Crippen molar-refractivity contribution < 1.29 is 9.59 Å². The Kier molecular flexibility index (Phi) is 7.68. The minimum Gasteiger partial charge on any atom is -0.322 e. The van der Waals surface area contributed by atoms with E-state index in [2.05, 4.69) is 46.2 Å². The molecule has 6 nitrogen and oxygen atoms in total. The number of nitrogens with zero attached hydrogens (tertiary/aromatic N) is 2. The highest BCUT2D eigenvalue weighted by atomic mass is 32.2. The zero-order valence-electron chi connectivity index (χ0n) is 24.6. The van der Waals surface area contributed by atoms with E-state index in [1.54, 1.807) is 11.3 Å². The van der Waals surface area contributed by atoms with Crippen molar-refractivity contribution in [2.45, 2.75) is 60.3 Å². The molecule has 3 heterocycles. The summed E-state index contributed by atoms with van der Waals surface area (Å²) in [6.45, 7) is 10.2. The molecule has 2 aromatic heterocycles. The van der Waals surface area contributed by atoms with Crippen LogP contribution in [0.1, 0.15) is 67.3 Å². The first kappa shape index (κ1) is 28.2. The molecule has 8 heteroatoms. The number of nitrogens with one attached hydrogen (secondary N) is 2. The third-order valence-corrected chi connectivity index (χ3v) is 9.92. The molecule has 6 rings (SSSR count). The topological polar surface area (TPSA) is 75.5 Å². The first-order valence-electron chi connectivity index (χ1n) is 14.3. The van der Waals surface area contributed by atoms with Crippen LogP contribution < -0.4 is 10.6 Å². The number of fused-ring (bicyclic) bond motifs is 1. The van der Waals surface area contributed by atoms with Crippen LogP contribution in [-0.4, -0.2) is 21.5 Å². The summed E-state index contributed by atoms with van der Waals surface area (Å²) in [4.78, 5) is 33.3. The van der Waals surface area contributed by atoms with Crippen LogP contribution in [0, 0.1) is 34.6 Å². The van der Waals surface area contributed by atoms with E-state index in [4.69, 9.17) is 0 Å². The maximum absolute atomic E-state index is 13.8. The molecule has 0 atom stereocenters. The van der Waals surface area contributed by atoms with Gasteiger partial charge < -0.3 is 15.2 Å². The predicted octanol–water partition coefficient (Wildman–Crippen LogP) is 8.10. The number of benzene rings is 2. The van der Waals surface area contributed by atoms with E-state index < -0.39 is 0 Å². The summed E-state index contributed by atoms with van der Waals surface area (Å²) in [5.74, 6) is -0.226. The number of amides is 2. The van der Waals surface area contributed by atoms with Crippen LogP contribution in [0.4, 0.5) is 11.4 Å². The van der Waals surface area contributed by atoms with Crippen LogP contribution >= 0.6 is 23.1 Å². The molecule has 0 spiro atoms. The fourth-order valence-corrected chi connectivity index (χ4v) is 8.10. The van der Waals surface area contributed by atoms with Crippen molar-refractivity contribution in [1.29, 1.82) is 0 Å². The van der Waals surface area contributed by atoms with E-state index in [9.17, 15) is 9.59 Å². The van der Waals surface area contributed by atoms with E-state index in [-0.39, 0.29) is 11.8 Å². The van der Waals surface area contributed by atoms with E-state index in [1.807, 2.05) is 63.2 Å². The number of aromatic nitrogens is 1. The van der Waals surface area contributed by atoms with E-state index in [0.29, 0.717) is 10.1 Å². The first-order chi connectivity index (χ1) is 20.2. The average Bonchev–Trinajstić information content (AvgIpc) is 3.56. The number of rotatable bonds is 5. The third kappa shape index (κ3) is 5.61. The summed E-state index contributed by atoms with van der Waals surface area (Å²) in [6.07, 6.45) is 6.08. The smallest absolute Gasteiger partial charge is 0.264 e. The largest absolute Gasteiger partial charge is 0.322 e. The highest BCUT2D eigenvalue weighted by molar-refractivity contribution is 8.18. The molecule has 4 aromatic rings. The van der Waals surface area contributed by atoms with Crippen LogP contribution in [0.3, 0.4) is 0 Å². The zero-order valence-corrected chi connectivity index (χ0v) is 26.2. The molecular formula is C34H34N4O2S2. The standard InChI is InChI=1S/C34H34N4O2S2/c1-19-10-12-25(13-11-19)35-32(40)30-27-8-6-7-9-28(27)41-33(30)38-22(4)17-24(23(38)5)18-29-31(39)37-34(42-29)36-26-15-20(2)14-21(3)16-26/h10-18H,6-9H2,1-5H3,(H,35,40)(H,36,37,39)/b29-18-. The number of amidine groups is 1. The lowest BCUT2D eigenvalue weighted by Crippen LogP contribution is -2.19. The molecular weight excluding hydrogens is 561 g/mol. The average molecular weight is 595 g/mol. The van der Waals surface area contributed by atoms with Gasteiger partial charge in [0.2, 0.25) is 0 Å². The highest BCUT2D eigenvalue weighted by Crippen LogP contribution is 2.40. The quantitative estimate of drug-likeness (QED) is 0.229. The number of hydrogen-bond donors (Lipinski definition) is 2. The zero-order chi connectivity index (χ0) is 29.5. The highest BCUT2D eigenvalue weighted by Gasteiger charge is 2.29. The van der Waals surface area contributed by atoms with Crippen LogP contribution in [0.25, 0.3) is 11.1 Å². The number of anilines is 1. The van der Waals surface area contributed by atoms with Crippen molar-refractivity contribution in [1.82, 2.24) is 9.88 Å². The van der Waals surface area contributed by atoms with E-state index in [0.717, 1.165) is 81.3 Å². The summed E-state index contributed by atoms with van der Waals surface area (Å²) < 4.78 is 2.18. The SMILES string of the molecule is Cc1ccc(NC(=O)c2c(-n3c(C)cc(/C=C4\SC(=Nc5cc(C)cc(C)c5)NC4=O)c3C)sc3c2CCCC3)cc1. The van der Waals surface area contributed by atoms with E-state index >= 15 is 0 Å². The van der Waals surface area contributed by atoms with Crippen molar-refractivity contribution in [2.75, 3.05) is 5.32 Å². The Morgan fingerprint density at radius 1 is 0.952 bits per heavy atom. The number of aryl methyl sites for hydroxylation is 5. The maximum Gasteiger partial charge on any atom is 0.264 e. The number of thioether (sulfide) groups is 1. The monoisotopic (exact) mass is 594 g/mol. The molecule has 0 radical (unpaired) electrons. The minimum absolute atomic E-state index is 0.0707. The fraction of sp³-hybridized carbons (Fsp3) is 0.265. The maximum atomic E-state index is 13.8. The Morgan fingerprint density at radius 2 is 1.67 bits per heavy atom. The van der Waals surface area contributed by atoms with Crippen molar-refractivity contribution in [2.24, 2.45) is 4.99 Å². The van der Waals surface area contributed by atoms with Gasteiger partial charge in [0.05, 0.1) is 16.2 Å². The van der Waals surface area contributed by atoms with Gasteiger partial charge in [-0.25, -0.2) is 4.99 Å². The number of thiophene rings is 1. The Hall–Kier alpha value is -3.88. The van der Waals surface area contributed by atoms with Gasteiger partial charge in [0.15, 0.2) is 5.17 Å².